The van der Waals surface area contributed by atoms with Crippen molar-refractivity contribution in [1.29, 1.82) is 0 Å². The number of amides is 1. The summed E-state index contributed by atoms with van der Waals surface area (Å²) >= 11 is 0. The summed E-state index contributed by atoms with van der Waals surface area (Å²) in [6, 6.07) is 9.96. The Morgan fingerprint density at radius 2 is 1.89 bits per heavy atom. The molecule has 1 amide bonds. The summed E-state index contributed by atoms with van der Waals surface area (Å²) in [5.74, 6) is 2.46. The SMILES string of the molecule is CCOc1ccc(-c2ccc(CC(=O)NCCC3CCCC3)nc2)c(OCCN2CCCCC2)c1. The van der Waals surface area contributed by atoms with Crippen LogP contribution in [-0.4, -0.2) is 55.2 Å². The van der Waals surface area contributed by atoms with Crippen LogP contribution in [0.15, 0.2) is 36.5 Å². The van der Waals surface area contributed by atoms with Crippen molar-refractivity contribution >= 4 is 5.91 Å². The van der Waals surface area contributed by atoms with Gasteiger partial charge in [-0.2, -0.15) is 0 Å². The zero-order valence-electron chi connectivity index (χ0n) is 21.3. The van der Waals surface area contributed by atoms with Gasteiger partial charge in [-0.15, -0.1) is 0 Å². The normalized spacial score (nSPS) is 16.8. The molecule has 1 saturated carbocycles. The number of rotatable bonds is 12. The topological polar surface area (TPSA) is 63.7 Å². The van der Waals surface area contributed by atoms with Crippen molar-refractivity contribution in [3.8, 4) is 22.6 Å². The van der Waals surface area contributed by atoms with Crippen LogP contribution in [-0.2, 0) is 11.2 Å². The summed E-state index contributed by atoms with van der Waals surface area (Å²) in [7, 11) is 0. The largest absolute Gasteiger partial charge is 0.494 e. The molecule has 1 saturated heterocycles. The second kappa shape index (κ2) is 13.5. The van der Waals surface area contributed by atoms with E-state index in [1.54, 1.807) is 0 Å². The number of ether oxygens (including phenoxy) is 2. The van der Waals surface area contributed by atoms with Crippen molar-refractivity contribution in [1.82, 2.24) is 15.2 Å². The van der Waals surface area contributed by atoms with Gasteiger partial charge in [-0.25, -0.2) is 0 Å². The predicted octanol–water partition coefficient (Wildman–Crippen LogP) is 5.25. The van der Waals surface area contributed by atoms with E-state index in [2.05, 4.69) is 15.2 Å². The van der Waals surface area contributed by atoms with Gasteiger partial charge in [0.1, 0.15) is 18.1 Å². The van der Waals surface area contributed by atoms with Crippen LogP contribution in [0.1, 0.15) is 64.0 Å². The average Bonchev–Trinajstić information content (AvgIpc) is 3.39. The Labute approximate surface area is 210 Å². The van der Waals surface area contributed by atoms with E-state index >= 15 is 0 Å². The molecule has 6 heteroatoms. The van der Waals surface area contributed by atoms with Gasteiger partial charge in [0.25, 0.3) is 0 Å². The third kappa shape index (κ3) is 7.96. The zero-order chi connectivity index (χ0) is 24.3. The summed E-state index contributed by atoms with van der Waals surface area (Å²) in [6.45, 7) is 7.28. The molecule has 6 nitrogen and oxygen atoms in total. The quantitative estimate of drug-likeness (QED) is 0.450. The predicted molar refractivity (Wildman–Crippen MR) is 140 cm³/mol. The standard InChI is InChI=1S/C29H41N3O3/c1-2-34-26-12-13-27(28(21-26)35-19-18-32-16-6-3-7-17-32)24-10-11-25(31-22-24)20-29(33)30-15-14-23-8-4-5-9-23/h10-13,21-23H,2-9,14-20H2,1H3,(H,30,33). The van der Waals surface area contributed by atoms with Crippen LogP contribution >= 0.6 is 0 Å². The molecule has 2 heterocycles. The molecule has 0 bridgehead atoms. The van der Waals surface area contributed by atoms with Gasteiger partial charge in [-0.05, 0) is 63.4 Å². The first kappa shape index (κ1) is 25.5. The van der Waals surface area contributed by atoms with Gasteiger partial charge in [0, 0.05) is 42.2 Å². The van der Waals surface area contributed by atoms with E-state index in [0.29, 0.717) is 19.6 Å². The van der Waals surface area contributed by atoms with Crippen molar-refractivity contribution in [2.24, 2.45) is 5.92 Å². The number of aromatic nitrogens is 1. The molecule has 2 aromatic rings. The second-order valence-corrected chi connectivity index (χ2v) is 9.85. The first-order valence-corrected chi connectivity index (χ1v) is 13.6. The van der Waals surface area contributed by atoms with Crippen molar-refractivity contribution in [2.45, 2.75) is 64.7 Å². The number of carbonyl (C=O) groups excluding carboxylic acids is 1. The summed E-state index contributed by atoms with van der Waals surface area (Å²) in [5, 5.41) is 3.06. The number of hydrogen-bond acceptors (Lipinski definition) is 5. The third-order valence-electron chi connectivity index (χ3n) is 7.20. The zero-order valence-corrected chi connectivity index (χ0v) is 21.3. The van der Waals surface area contributed by atoms with Gasteiger partial charge in [0.15, 0.2) is 0 Å². The van der Waals surface area contributed by atoms with Crippen LogP contribution in [0, 0.1) is 5.92 Å². The lowest BCUT2D eigenvalue weighted by molar-refractivity contribution is -0.120. The molecule has 0 atom stereocenters. The second-order valence-electron chi connectivity index (χ2n) is 9.85. The Morgan fingerprint density at radius 3 is 2.63 bits per heavy atom. The highest BCUT2D eigenvalue weighted by atomic mass is 16.5. The fourth-order valence-corrected chi connectivity index (χ4v) is 5.21. The molecule has 190 valence electrons. The van der Waals surface area contributed by atoms with E-state index in [-0.39, 0.29) is 5.91 Å². The minimum absolute atomic E-state index is 0.0473. The van der Waals surface area contributed by atoms with E-state index in [1.807, 2.05) is 43.5 Å². The van der Waals surface area contributed by atoms with Crippen molar-refractivity contribution in [2.75, 3.05) is 39.4 Å². The molecule has 35 heavy (non-hydrogen) atoms. The molecule has 1 aromatic carbocycles. The molecule has 2 aliphatic rings. The lowest BCUT2D eigenvalue weighted by atomic mass is 10.0. The van der Waals surface area contributed by atoms with E-state index in [4.69, 9.17) is 9.47 Å². The molecular weight excluding hydrogens is 438 g/mol. The summed E-state index contributed by atoms with van der Waals surface area (Å²) in [5.41, 5.74) is 2.75. The summed E-state index contributed by atoms with van der Waals surface area (Å²) < 4.78 is 12.0. The van der Waals surface area contributed by atoms with Crippen LogP contribution in [0.4, 0.5) is 0 Å². The molecule has 2 fully saturated rings. The highest BCUT2D eigenvalue weighted by Gasteiger charge is 2.16. The monoisotopic (exact) mass is 479 g/mol. The molecular formula is C29H41N3O3. The van der Waals surface area contributed by atoms with Crippen LogP contribution < -0.4 is 14.8 Å². The Kier molecular flexibility index (Phi) is 9.82. The molecule has 0 spiro atoms. The molecule has 4 rings (SSSR count). The first-order chi connectivity index (χ1) is 17.2. The number of carbonyl (C=O) groups is 1. The Bertz CT molecular complexity index is 919. The number of nitrogens with one attached hydrogen (secondary N) is 1. The highest BCUT2D eigenvalue weighted by molar-refractivity contribution is 5.78. The maximum absolute atomic E-state index is 12.4. The smallest absolute Gasteiger partial charge is 0.226 e. The number of likely N-dealkylation sites (tertiary alicyclic amines) is 1. The van der Waals surface area contributed by atoms with Gasteiger partial charge in [-0.1, -0.05) is 38.2 Å². The van der Waals surface area contributed by atoms with Gasteiger partial charge in [-0.3, -0.25) is 14.7 Å². The molecule has 1 N–H and O–H groups in total. The van der Waals surface area contributed by atoms with Crippen LogP contribution in [0.3, 0.4) is 0 Å². The van der Waals surface area contributed by atoms with Gasteiger partial charge in [0.05, 0.1) is 13.0 Å². The minimum Gasteiger partial charge on any atom is -0.494 e. The molecule has 1 aromatic heterocycles. The Hall–Kier alpha value is -2.60. The average molecular weight is 480 g/mol. The van der Waals surface area contributed by atoms with Crippen LogP contribution in [0.2, 0.25) is 0 Å². The van der Waals surface area contributed by atoms with E-state index in [1.165, 1.54) is 44.9 Å². The maximum atomic E-state index is 12.4. The number of benzene rings is 1. The summed E-state index contributed by atoms with van der Waals surface area (Å²) in [6.07, 6.45) is 12.5. The molecule has 0 unspecified atom stereocenters. The lowest BCUT2D eigenvalue weighted by Gasteiger charge is -2.26. The van der Waals surface area contributed by atoms with Crippen molar-refractivity contribution in [3.63, 3.8) is 0 Å². The van der Waals surface area contributed by atoms with E-state index in [9.17, 15) is 4.79 Å². The van der Waals surface area contributed by atoms with Gasteiger partial charge in [0.2, 0.25) is 5.91 Å². The maximum Gasteiger partial charge on any atom is 0.226 e. The van der Waals surface area contributed by atoms with Crippen molar-refractivity contribution in [3.05, 3.63) is 42.2 Å². The molecule has 1 aliphatic heterocycles. The Balaban J connectivity index is 1.34. The number of nitrogens with zero attached hydrogens (tertiary/aromatic N) is 2. The molecule has 0 radical (unpaired) electrons. The van der Waals surface area contributed by atoms with Gasteiger partial charge >= 0.3 is 0 Å². The van der Waals surface area contributed by atoms with E-state index in [0.717, 1.165) is 66.8 Å². The third-order valence-corrected chi connectivity index (χ3v) is 7.20. The first-order valence-electron chi connectivity index (χ1n) is 13.6. The number of hydrogen-bond donors (Lipinski definition) is 1. The van der Waals surface area contributed by atoms with Crippen LogP contribution in [0.25, 0.3) is 11.1 Å². The number of piperidine rings is 1. The van der Waals surface area contributed by atoms with E-state index < -0.39 is 0 Å². The fraction of sp³-hybridized carbons (Fsp3) is 0.586. The number of pyridine rings is 1. The van der Waals surface area contributed by atoms with Gasteiger partial charge < -0.3 is 14.8 Å². The molecule has 1 aliphatic carbocycles. The van der Waals surface area contributed by atoms with Crippen molar-refractivity contribution < 1.29 is 14.3 Å². The summed E-state index contributed by atoms with van der Waals surface area (Å²) in [4.78, 5) is 19.4. The Morgan fingerprint density at radius 1 is 1.06 bits per heavy atom. The van der Waals surface area contributed by atoms with Crippen LogP contribution in [0.5, 0.6) is 11.5 Å². The highest BCUT2D eigenvalue weighted by Crippen LogP contribution is 2.33. The fourth-order valence-electron chi connectivity index (χ4n) is 5.21. The minimum atomic E-state index is 0.0473. The lowest BCUT2D eigenvalue weighted by Crippen LogP contribution is -2.33.